The van der Waals surface area contributed by atoms with Gasteiger partial charge < -0.3 is 5.32 Å². The van der Waals surface area contributed by atoms with Gasteiger partial charge in [0.2, 0.25) is 0 Å². The van der Waals surface area contributed by atoms with Crippen molar-refractivity contribution in [1.29, 1.82) is 0 Å². The Morgan fingerprint density at radius 2 is 2.00 bits per heavy atom. The van der Waals surface area contributed by atoms with E-state index in [4.69, 9.17) is 23.2 Å². The summed E-state index contributed by atoms with van der Waals surface area (Å²) in [6, 6.07) is 2.31. The van der Waals surface area contributed by atoms with E-state index in [0.717, 1.165) is 33.5 Å². The minimum Gasteiger partial charge on any atom is -0.305 e. The fourth-order valence-electron chi connectivity index (χ4n) is 1.88. The van der Waals surface area contributed by atoms with Gasteiger partial charge in [0.25, 0.3) is 0 Å². The standard InChI is InChI=1S/C14H17Cl2NS2/c1-4-5-17-12(10-6-8(2)14(16)19-10)13-11(15)9(3)7-18-13/h6-7,12,17H,4-5H2,1-3H3. The SMILES string of the molecule is CCCNC(c1cc(C)c(Cl)s1)c1scc(C)c1Cl. The number of thiophene rings is 2. The molecule has 2 rings (SSSR count). The quantitative estimate of drug-likeness (QED) is 0.726. The van der Waals surface area contributed by atoms with Gasteiger partial charge in [-0.15, -0.1) is 22.7 Å². The zero-order chi connectivity index (χ0) is 14.0. The first-order chi connectivity index (χ1) is 9.04. The Bertz CT molecular complexity index is 540. The van der Waals surface area contributed by atoms with Gasteiger partial charge in [0.15, 0.2) is 0 Å². The van der Waals surface area contributed by atoms with Crippen molar-refractivity contribution in [2.45, 2.75) is 33.2 Å². The third-order valence-electron chi connectivity index (χ3n) is 2.95. The predicted molar refractivity (Wildman–Crippen MR) is 88.3 cm³/mol. The van der Waals surface area contributed by atoms with Crippen molar-refractivity contribution in [1.82, 2.24) is 5.32 Å². The lowest BCUT2D eigenvalue weighted by molar-refractivity contribution is 0.613. The van der Waals surface area contributed by atoms with E-state index in [1.165, 1.54) is 9.75 Å². The van der Waals surface area contributed by atoms with Gasteiger partial charge in [-0.2, -0.15) is 0 Å². The fraction of sp³-hybridized carbons (Fsp3) is 0.429. The molecule has 0 aromatic carbocycles. The van der Waals surface area contributed by atoms with Crippen molar-refractivity contribution < 1.29 is 0 Å². The second-order valence-corrected chi connectivity index (χ2v) is 7.56. The molecule has 0 spiro atoms. The van der Waals surface area contributed by atoms with E-state index in [0.29, 0.717) is 0 Å². The van der Waals surface area contributed by atoms with Crippen LogP contribution in [0.25, 0.3) is 0 Å². The molecule has 104 valence electrons. The van der Waals surface area contributed by atoms with E-state index in [9.17, 15) is 0 Å². The Morgan fingerprint density at radius 3 is 2.47 bits per heavy atom. The molecule has 2 heterocycles. The molecular formula is C14H17Cl2NS2. The molecule has 2 aromatic rings. The fourth-order valence-corrected chi connectivity index (χ4v) is 4.65. The minimum atomic E-state index is 0.155. The second kappa shape index (κ2) is 6.59. The van der Waals surface area contributed by atoms with Crippen molar-refractivity contribution >= 4 is 45.9 Å². The second-order valence-electron chi connectivity index (χ2n) is 4.59. The number of nitrogens with one attached hydrogen (secondary N) is 1. The van der Waals surface area contributed by atoms with Crippen LogP contribution in [0.15, 0.2) is 11.4 Å². The molecule has 0 bridgehead atoms. The largest absolute Gasteiger partial charge is 0.305 e. The average molecular weight is 334 g/mol. The van der Waals surface area contributed by atoms with Gasteiger partial charge >= 0.3 is 0 Å². The summed E-state index contributed by atoms with van der Waals surface area (Å²) in [7, 11) is 0. The summed E-state index contributed by atoms with van der Waals surface area (Å²) in [6.45, 7) is 7.22. The molecule has 19 heavy (non-hydrogen) atoms. The van der Waals surface area contributed by atoms with Crippen molar-refractivity contribution in [2.24, 2.45) is 0 Å². The lowest BCUT2D eigenvalue weighted by Crippen LogP contribution is -2.21. The Kier molecular flexibility index (Phi) is 5.32. The normalized spacial score (nSPS) is 12.9. The van der Waals surface area contributed by atoms with Crippen molar-refractivity contribution in [2.75, 3.05) is 6.54 Å². The topological polar surface area (TPSA) is 12.0 Å². The van der Waals surface area contributed by atoms with Gasteiger partial charge in [-0.1, -0.05) is 30.1 Å². The predicted octanol–water partition coefficient (Wildman–Crippen LogP) is 5.82. The van der Waals surface area contributed by atoms with E-state index in [1.54, 1.807) is 22.7 Å². The number of halogens is 2. The first kappa shape index (κ1) is 15.3. The summed E-state index contributed by atoms with van der Waals surface area (Å²) in [5.41, 5.74) is 2.28. The average Bonchev–Trinajstić information content (AvgIpc) is 2.87. The highest BCUT2D eigenvalue weighted by molar-refractivity contribution is 7.16. The van der Waals surface area contributed by atoms with Crippen molar-refractivity contribution in [3.63, 3.8) is 0 Å². The molecule has 1 N–H and O–H groups in total. The molecule has 0 fully saturated rings. The van der Waals surface area contributed by atoms with Crippen LogP contribution in [0.2, 0.25) is 9.36 Å². The zero-order valence-electron chi connectivity index (χ0n) is 11.2. The molecule has 1 atom stereocenters. The molecule has 0 aliphatic heterocycles. The Morgan fingerprint density at radius 1 is 1.26 bits per heavy atom. The Hall–Kier alpha value is -0.0600. The molecule has 0 saturated heterocycles. The number of hydrogen-bond donors (Lipinski definition) is 1. The van der Waals surface area contributed by atoms with Crippen LogP contribution in [-0.2, 0) is 0 Å². The van der Waals surface area contributed by atoms with E-state index in [2.05, 4.69) is 23.7 Å². The van der Waals surface area contributed by atoms with Crippen LogP contribution in [0, 0.1) is 13.8 Å². The van der Waals surface area contributed by atoms with Gasteiger partial charge in [-0.05, 0) is 49.4 Å². The summed E-state index contributed by atoms with van der Waals surface area (Å²) < 4.78 is 0.864. The van der Waals surface area contributed by atoms with Gasteiger partial charge in [0.1, 0.15) is 0 Å². The third kappa shape index (κ3) is 3.34. The Labute approximate surface area is 132 Å². The summed E-state index contributed by atoms with van der Waals surface area (Å²) in [4.78, 5) is 2.42. The highest BCUT2D eigenvalue weighted by Gasteiger charge is 2.21. The molecule has 0 saturated carbocycles. The Balaban J connectivity index is 2.38. The van der Waals surface area contributed by atoms with Crippen LogP contribution in [0.4, 0.5) is 0 Å². The minimum absolute atomic E-state index is 0.155. The van der Waals surface area contributed by atoms with Gasteiger partial charge in [-0.3, -0.25) is 0 Å². The molecular weight excluding hydrogens is 317 g/mol. The molecule has 1 unspecified atom stereocenters. The summed E-state index contributed by atoms with van der Waals surface area (Å²) >= 11 is 16.0. The molecule has 2 aromatic heterocycles. The summed E-state index contributed by atoms with van der Waals surface area (Å²) in [5.74, 6) is 0. The molecule has 1 nitrogen and oxygen atoms in total. The zero-order valence-corrected chi connectivity index (χ0v) is 14.4. The van der Waals surface area contributed by atoms with Crippen LogP contribution in [0.5, 0.6) is 0 Å². The van der Waals surface area contributed by atoms with Gasteiger partial charge in [0.05, 0.1) is 15.4 Å². The molecule has 0 aliphatic rings. The highest BCUT2D eigenvalue weighted by atomic mass is 35.5. The lowest BCUT2D eigenvalue weighted by Gasteiger charge is -2.16. The lowest BCUT2D eigenvalue weighted by atomic mass is 10.1. The van der Waals surface area contributed by atoms with Crippen molar-refractivity contribution in [3.05, 3.63) is 41.7 Å². The number of rotatable bonds is 5. The van der Waals surface area contributed by atoms with Crippen LogP contribution in [0.1, 0.15) is 40.3 Å². The van der Waals surface area contributed by atoms with E-state index < -0.39 is 0 Å². The highest BCUT2D eigenvalue weighted by Crippen LogP contribution is 2.40. The summed E-state index contributed by atoms with van der Waals surface area (Å²) in [6.07, 6.45) is 1.09. The van der Waals surface area contributed by atoms with Gasteiger partial charge in [0, 0.05) is 9.75 Å². The maximum absolute atomic E-state index is 6.42. The van der Waals surface area contributed by atoms with Crippen molar-refractivity contribution in [3.8, 4) is 0 Å². The third-order valence-corrected chi connectivity index (χ3v) is 6.35. The van der Waals surface area contributed by atoms with E-state index in [-0.39, 0.29) is 6.04 Å². The maximum atomic E-state index is 6.42. The molecule has 0 aliphatic carbocycles. The van der Waals surface area contributed by atoms with Crippen LogP contribution < -0.4 is 5.32 Å². The van der Waals surface area contributed by atoms with E-state index >= 15 is 0 Å². The number of hydrogen-bond acceptors (Lipinski definition) is 3. The first-order valence-corrected chi connectivity index (χ1v) is 8.72. The molecule has 0 amide bonds. The number of aryl methyl sites for hydroxylation is 2. The smallest absolute Gasteiger partial charge is 0.0961 e. The van der Waals surface area contributed by atoms with Gasteiger partial charge in [-0.25, -0.2) is 0 Å². The monoisotopic (exact) mass is 333 g/mol. The first-order valence-electron chi connectivity index (χ1n) is 6.27. The van der Waals surface area contributed by atoms with Crippen LogP contribution >= 0.6 is 45.9 Å². The van der Waals surface area contributed by atoms with E-state index in [1.807, 2.05) is 13.8 Å². The van der Waals surface area contributed by atoms with Crippen LogP contribution in [0.3, 0.4) is 0 Å². The maximum Gasteiger partial charge on any atom is 0.0961 e. The van der Waals surface area contributed by atoms with Crippen LogP contribution in [-0.4, -0.2) is 6.54 Å². The summed E-state index contributed by atoms with van der Waals surface area (Å²) in [5, 5.41) is 6.56. The molecule has 5 heteroatoms. The molecule has 0 radical (unpaired) electrons.